The van der Waals surface area contributed by atoms with Gasteiger partial charge < -0.3 is 9.64 Å². The number of ether oxygens (including phenoxy) is 1. The number of rotatable bonds is 3. The first-order chi connectivity index (χ1) is 12.7. The van der Waals surface area contributed by atoms with Crippen molar-refractivity contribution in [2.75, 3.05) is 6.54 Å². The highest BCUT2D eigenvalue weighted by Gasteiger charge is 2.22. The smallest absolute Gasteiger partial charge is 0.254 e. The molecule has 0 N–H and O–H groups in total. The molecular weight excluding hydrogens is 348 g/mol. The van der Waals surface area contributed by atoms with Gasteiger partial charge in [-0.25, -0.2) is 4.98 Å². The Morgan fingerprint density at radius 1 is 1.04 bits per heavy atom. The van der Waals surface area contributed by atoms with Crippen LogP contribution in [0.1, 0.15) is 21.5 Å². The number of benzene rings is 2. The van der Waals surface area contributed by atoms with Crippen LogP contribution < -0.4 is 4.74 Å². The Morgan fingerprint density at radius 2 is 1.96 bits per heavy atom. The van der Waals surface area contributed by atoms with E-state index >= 15 is 0 Å². The molecule has 1 amide bonds. The minimum Gasteiger partial charge on any atom is -0.439 e. The molecule has 0 bridgehead atoms. The third kappa shape index (κ3) is 3.55. The van der Waals surface area contributed by atoms with Crippen molar-refractivity contribution in [3.63, 3.8) is 0 Å². The van der Waals surface area contributed by atoms with Gasteiger partial charge in [-0.1, -0.05) is 29.8 Å². The molecule has 2 aromatic carbocycles. The van der Waals surface area contributed by atoms with Gasteiger partial charge in [-0.05, 0) is 53.9 Å². The summed E-state index contributed by atoms with van der Waals surface area (Å²) in [6.45, 7) is 1.26. The van der Waals surface area contributed by atoms with Crippen LogP contribution in [0.25, 0.3) is 0 Å². The maximum Gasteiger partial charge on any atom is 0.254 e. The van der Waals surface area contributed by atoms with Crippen LogP contribution >= 0.6 is 11.6 Å². The highest BCUT2D eigenvalue weighted by Crippen LogP contribution is 2.25. The molecule has 0 saturated heterocycles. The molecule has 0 unspecified atom stereocenters. The van der Waals surface area contributed by atoms with Crippen LogP contribution in [0.3, 0.4) is 0 Å². The van der Waals surface area contributed by atoms with E-state index in [1.54, 1.807) is 24.4 Å². The molecule has 26 heavy (non-hydrogen) atoms. The van der Waals surface area contributed by atoms with E-state index in [0.717, 1.165) is 12.0 Å². The molecule has 0 atom stereocenters. The molecule has 4 rings (SSSR count). The van der Waals surface area contributed by atoms with Crippen LogP contribution in [0.5, 0.6) is 11.6 Å². The first-order valence-corrected chi connectivity index (χ1v) is 8.82. The molecule has 0 radical (unpaired) electrons. The highest BCUT2D eigenvalue weighted by molar-refractivity contribution is 6.30. The molecule has 1 aliphatic heterocycles. The topological polar surface area (TPSA) is 42.4 Å². The summed E-state index contributed by atoms with van der Waals surface area (Å²) in [5, 5.41) is 0.698. The molecule has 130 valence electrons. The van der Waals surface area contributed by atoms with Crippen LogP contribution in [-0.2, 0) is 13.0 Å². The van der Waals surface area contributed by atoms with Gasteiger partial charge in [-0.3, -0.25) is 4.79 Å². The van der Waals surface area contributed by atoms with E-state index in [4.69, 9.17) is 16.3 Å². The van der Waals surface area contributed by atoms with Crippen molar-refractivity contribution < 1.29 is 9.53 Å². The van der Waals surface area contributed by atoms with Crippen LogP contribution in [0.2, 0.25) is 5.02 Å². The van der Waals surface area contributed by atoms with Gasteiger partial charge in [0.15, 0.2) is 0 Å². The second-order valence-corrected chi connectivity index (χ2v) is 6.62. The van der Waals surface area contributed by atoms with Crippen molar-refractivity contribution in [2.24, 2.45) is 0 Å². The third-order valence-corrected chi connectivity index (χ3v) is 4.64. The van der Waals surface area contributed by atoms with Gasteiger partial charge in [-0.15, -0.1) is 0 Å². The molecule has 3 aromatic rings. The summed E-state index contributed by atoms with van der Waals surface area (Å²) in [7, 11) is 0. The van der Waals surface area contributed by atoms with E-state index in [0.29, 0.717) is 35.3 Å². The van der Waals surface area contributed by atoms with Crippen LogP contribution in [0.4, 0.5) is 0 Å². The zero-order valence-electron chi connectivity index (χ0n) is 14.1. The summed E-state index contributed by atoms with van der Waals surface area (Å²) < 4.78 is 5.73. The Morgan fingerprint density at radius 3 is 2.81 bits per heavy atom. The van der Waals surface area contributed by atoms with E-state index in [1.807, 2.05) is 47.4 Å². The minimum atomic E-state index is -0.0119. The largest absolute Gasteiger partial charge is 0.439 e. The number of aromatic nitrogens is 1. The minimum absolute atomic E-state index is 0.0119. The summed E-state index contributed by atoms with van der Waals surface area (Å²) in [4.78, 5) is 18.9. The standard InChI is InChI=1S/C21H17ClN2O2/c22-18-8-7-15-9-11-24(14-17(15)12-18)21(25)16-4-3-5-19(13-16)26-20-6-1-2-10-23-20/h1-8,10,12-13H,9,11,14H2. The van der Waals surface area contributed by atoms with Gasteiger partial charge >= 0.3 is 0 Å². The van der Waals surface area contributed by atoms with E-state index in [2.05, 4.69) is 4.98 Å². The molecule has 4 nitrogen and oxygen atoms in total. The molecule has 0 saturated carbocycles. The maximum absolute atomic E-state index is 12.9. The average Bonchev–Trinajstić information content (AvgIpc) is 2.68. The highest BCUT2D eigenvalue weighted by atomic mass is 35.5. The molecule has 0 aliphatic carbocycles. The fraction of sp³-hybridized carbons (Fsp3) is 0.143. The average molecular weight is 365 g/mol. The molecule has 0 fully saturated rings. The van der Waals surface area contributed by atoms with Crippen molar-refractivity contribution in [3.05, 3.63) is 88.6 Å². The first-order valence-electron chi connectivity index (χ1n) is 8.44. The molecule has 1 aromatic heterocycles. The Bertz CT molecular complexity index is 944. The summed E-state index contributed by atoms with van der Waals surface area (Å²) in [5.41, 5.74) is 2.97. The number of nitrogens with zero attached hydrogens (tertiary/aromatic N) is 2. The Hall–Kier alpha value is -2.85. The van der Waals surface area contributed by atoms with E-state index in [1.165, 1.54) is 5.56 Å². The van der Waals surface area contributed by atoms with Gasteiger partial charge in [-0.2, -0.15) is 0 Å². The summed E-state index contributed by atoms with van der Waals surface area (Å²) >= 11 is 6.09. The second kappa shape index (κ2) is 7.18. The fourth-order valence-corrected chi connectivity index (χ4v) is 3.30. The van der Waals surface area contributed by atoms with Crippen molar-refractivity contribution in [2.45, 2.75) is 13.0 Å². The van der Waals surface area contributed by atoms with Crippen molar-refractivity contribution in [1.82, 2.24) is 9.88 Å². The summed E-state index contributed by atoms with van der Waals surface area (Å²) in [6, 6.07) is 18.5. The van der Waals surface area contributed by atoms with E-state index in [-0.39, 0.29) is 5.91 Å². The zero-order chi connectivity index (χ0) is 17.9. The number of pyridine rings is 1. The monoisotopic (exact) mass is 364 g/mol. The maximum atomic E-state index is 12.9. The Balaban J connectivity index is 1.52. The number of hydrogen-bond donors (Lipinski definition) is 0. The quantitative estimate of drug-likeness (QED) is 0.675. The summed E-state index contributed by atoms with van der Waals surface area (Å²) in [6.07, 6.45) is 2.50. The van der Waals surface area contributed by atoms with E-state index in [9.17, 15) is 4.79 Å². The first kappa shape index (κ1) is 16.6. The van der Waals surface area contributed by atoms with Crippen molar-refractivity contribution in [3.8, 4) is 11.6 Å². The predicted molar refractivity (Wildman–Crippen MR) is 101 cm³/mol. The predicted octanol–water partition coefficient (Wildman–Crippen LogP) is 4.73. The number of hydrogen-bond acceptors (Lipinski definition) is 3. The summed E-state index contributed by atoms with van der Waals surface area (Å²) in [5.74, 6) is 1.08. The molecule has 5 heteroatoms. The van der Waals surface area contributed by atoms with E-state index < -0.39 is 0 Å². The lowest BCUT2D eigenvalue weighted by atomic mass is 9.99. The fourth-order valence-electron chi connectivity index (χ4n) is 3.10. The van der Waals surface area contributed by atoms with Gasteiger partial charge in [0, 0.05) is 35.9 Å². The Kier molecular flexibility index (Phi) is 4.59. The Labute approximate surface area is 157 Å². The van der Waals surface area contributed by atoms with Crippen molar-refractivity contribution >= 4 is 17.5 Å². The lowest BCUT2D eigenvalue weighted by molar-refractivity contribution is 0.0734. The number of carbonyl (C=O) groups excluding carboxylic acids is 1. The van der Waals surface area contributed by atoms with Crippen LogP contribution in [-0.4, -0.2) is 22.3 Å². The van der Waals surface area contributed by atoms with Crippen LogP contribution in [0.15, 0.2) is 66.9 Å². The van der Waals surface area contributed by atoms with Gasteiger partial charge in [0.2, 0.25) is 5.88 Å². The lowest BCUT2D eigenvalue weighted by Gasteiger charge is -2.29. The number of carbonyl (C=O) groups is 1. The number of fused-ring (bicyclic) bond motifs is 1. The molecule has 2 heterocycles. The number of amides is 1. The van der Waals surface area contributed by atoms with Gasteiger partial charge in [0.1, 0.15) is 5.75 Å². The normalized spacial score (nSPS) is 13.2. The lowest BCUT2D eigenvalue weighted by Crippen LogP contribution is -2.35. The van der Waals surface area contributed by atoms with Gasteiger partial charge in [0.05, 0.1) is 0 Å². The molecule has 0 spiro atoms. The second-order valence-electron chi connectivity index (χ2n) is 6.19. The third-order valence-electron chi connectivity index (χ3n) is 4.41. The molecule has 1 aliphatic rings. The SMILES string of the molecule is O=C(c1cccc(Oc2ccccn2)c1)N1CCc2ccc(Cl)cc2C1. The number of halogens is 1. The zero-order valence-corrected chi connectivity index (χ0v) is 14.8. The molecular formula is C21H17ClN2O2. The van der Waals surface area contributed by atoms with Crippen molar-refractivity contribution in [1.29, 1.82) is 0 Å². The van der Waals surface area contributed by atoms with Gasteiger partial charge in [0.25, 0.3) is 5.91 Å². The van der Waals surface area contributed by atoms with Crippen LogP contribution in [0, 0.1) is 0 Å².